The first-order chi connectivity index (χ1) is 11.3. The van der Waals surface area contributed by atoms with E-state index in [9.17, 15) is 4.79 Å². The fourth-order valence-corrected chi connectivity index (χ4v) is 3.21. The van der Waals surface area contributed by atoms with Crippen molar-refractivity contribution >= 4 is 34.5 Å². The van der Waals surface area contributed by atoms with Crippen molar-refractivity contribution in [3.8, 4) is 0 Å². The van der Waals surface area contributed by atoms with Crippen molar-refractivity contribution < 1.29 is 10.0 Å². The van der Waals surface area contributed by atoms with Crippen LogP contribution in [0.4, 0.5) is 0 Å². The minimum Gasteiger partial charge on any atom is -0.288 e. The van der Waals surface area contributed by atoms with E-state index in [-0.39, 0.29) is 0 Å². The third-order valence-corrected chi connectivity index (χ3v) is 4.33. The number of hydroxylamine groups is 1. The smallest absolute Gasteiger partial charge is 0.267 e. The fourth-order valence-electron chi connectivity index (χ4n) is 2.19. The number of fused-ring (bicyclic) bond motifs is 1. The summed E-state index contributed by atoms with van der Waals surface area (Å²) in [6.45, 7) is 0. The summed E-state index contributed by atoms with van der Waals surface area (Å²) in [4.78, 5) is 17.4. The van der Waals surface area contributed by atoms with E-state index >= 15 is 0 Å². The second-order valence-corrected chi connectivity index (χ2v) is 5.95. The highest BCUT2D eigenvalue weighted by molar-refractivity contribution is 7.99. The number of aromatic nitrogens is 1. The molecule has 0 bridgehead atoms. The Bertz CT molecular complexity index is 872. The second kappa shape index (κ2) is 7.09. The van der Waals surface area contributed by atoms with Gasteiger partial charge < -0.3 is 0 Å². The van der Waals surface area contributed by atoms with Crippen LogP contribution in [0.15, 0.2) is 76.8 Å². The Kier molecular flexibility index (Phi) is 4.71. The third kappa shape index (κ3) is 3.77. The minimum atomic E-state index is -0.553. The summed E-state index contributed by atoms with van der Waals surface area (Å²) in [6.07, 6.45) is 6.59. The van der Waals surface area contributed by atoms with Crippen LogP contribution in [0, 0.1) is 0 Å². The minimum absolute atomic E-state index is 0.553. The Hall–Kier alpha value is -2.63. The highest BCUT2D eigenvalue weighted by Gasteiger charge is 2.03. The van der Waals surface area contributed by atoms with Crippen molar-refractivity contribution in [2.24, 2.45) is 0 Å². The van der Waals surface area contributed by atoms with E-state index in [1.54, 1.807) is 29.5 Å². The number of hydrogen-bond acceptors (Lipinski definition) is 4. The highest BCUT2D eigenvalue weighted by atomic mass is 32.2. The van der Waals surface area contributed by atoms with Gasteiger partial charge in [0, 0.05) is 33.6 Å². The zero-order valence-electron chi connectivity index (χ0n) is 12.1. The molecular weight excluding hydrogens is 308 g/mol. The van der Waals surface area contributed by atoms with Crippen LogP contribution in [0.2, 0.25) is 0 Å². The molecule has 0 fully saturated rings. The maximum Gasteiger partial charge on any atom is 0.267 e. The largest absolute Gasteiger partial charge is 0.288 e. The van der Waals surface area contributed by atoms with Gasteiger partial charge in [-0.1, -0.05) is 36.0 Å². The molecule has 0 spiro atoms. The van der Waals surface area contributed by atoms with Crippen molar-refractivity contribution in [3.63, 3.8) is 0 Å². The maximum absolute atomic E-state index is 11.0. The van der Waals surface area contributed by atoms with Crippen molar-refractivity contribution in [3.05, 3.63) is 72.6 Å². The monoisotopic (exact) mass is 322 g/mol. The van der Waals surface area contributed by atoms with E-state index in [0.717, 1.165) is 26.1 Å². The van der Waals surface area contributed by atoms with Gasteiger partial charge >= 0.3 is 0 Å². The van der Waals surface area contributed by atoms with Crippen molar-refractivity contribution in [1.82, 2.24) is 10.5 Å². The summed E-state index contributed by atoms with van der Waals surface area (Å²) in [5.74, 6) is -0.553. The van der Waals surface area contributed by atoms with Crippen LogP contribution >= 0.6 is 11.8 Å². The summed E-state index contributed by atoms with van der Waals surface area (Å²) in [6, 6.07) is 16.0. The van der Waals surface area contributed by atoms with Crippen LogP contribution in [0.25, 0.3) is 16.8 Å². The van der Waals surface area contributed by atoms with Crippen LogP contribution < -0.4 is 5.48 Å². The first kappa shape index (κ1) is 15.3. The standard InChI is InChI=1S/C18H14N2O2S/c21-18(20-22)8-7-13-3-1-5-15(11-13)23-17-6-2-4-14-9-10-19-12-16(14)17/h1-12,22H,(H,20,21)/b8-7+. The van der Waals surface area contributed by atoms with E-state index < -0.39 is 5.91 Å². The molecule has 3 rings (SSSR count). The number of hydrogen-bond donors (Lipinski definition) is 2. The number of rotatable bonds is 4. The van der Waals surface area contributed by atoms with E-state index in [2.05, 4.69) is 17.1 Å². The predicted octanol–water partition coefficient (Wildman–Crippen LogP) is 3.90. The molecule has 1 heterocycles. The average Bonchev–Trinajstić information content (AvgIpc) is 2.60. The first-order valence-corrected chi connectivity index (χ1v) is 7.81. The zero-order valence-corrected chi connectivity index (χ0v) is 13.0. The molecule has 0 aliphatic rings. The van der Waals surface area contributed by atoms with E-state index in [1.165, 1.54) is 6.08 Å². The van der Waals surface area contributed by atoms with Gasteiger partial charge in [-0.05, 0) is 41.3 Å². The third-order valence-electron chi connectivity index (χ3n) is 3.27. The van der Waals surface area contributed by atoms with Crippen LogP contribution in [-0.2, 0) is 4.79 Å². The number of amides is 1. The summed E-state index contributed by atoms with van der Waals surface area (Å²) >= 11 is 1.65. The van der Waals surface area contributed by atoms with Gasteiger partial charge in [-0.15, -0.1) is 0 Å². The summed E-state index contributed by atoms with van der Waals surface area (Å²) in [7, 11) is 0. The first-order valence-electron chi connectivity index (χ1n) is 6.99. The van der Waals surface area contributed by atoms with Gasteiger partial charge in [-0.2, -0.15) is 0 Å². The van der Waals surface area contributed by atoms with Crippen LogP contribution in [0.1, 0.15) is 5.56 Å². The number of carbonyl (C=O) groups excluding carboxylic acids is 1. The molecule has 114 valence electrons. The quantitative estimate of drug-likeness (QED) is 0.434. The second-order valence-electron chi connectivity index (χ2n) is 4.84. The van der Waals surface area contributed by atoms with Gasteiger partial charge in [0.05, 0.1) is 0 Å². The SMILES string of the molecule is O=C(/C=C/c1cccc(Sc2cccc3ccncc23)c1)NO. The Labute approximate surface area is 137 Å². The van der Waals surface area contributed by atoms with Gasteiger partial charge in [-0.25, -0.2) is 5.48 Å². The molecule has 0 atom stereocenters. The molecule has 23 heavy (non-hydrogen) atoms. The lowest BCUT2D eigenvalue weighted by Crippen LogP contribution is -2.14. The van der Waals surface area contributed by atoms with Crippen LogP contribution in [0.5, 0.6) is 0 Å². The fraction of sp³-hybridized carbons (Fsp3) is 0. The molecule has 0 unspecified atom stereocenters. The molecule has 1 amide bonds. The molecule has 2 aromatic carbocycles. The molecular formula is C18H14N2O2S. The number of pyridine rings is 1. The number of nitrogens with one attached hydrogen (secondary N) is 1. The predicted molar refractivity (Wildman–Crippen MR) is 91.3 cm³/mol. The number of nitrogens with zero attached hydrogens (tertiary/aromatic N) is 1. The lowest BCUT2D eigenvalue weighted by molar-refractivity contribution is -0.124. The molecule has 0 aliphatic heterocycles. The molecule has 3 aromatic rings. The molecule has 0 saturated heterocycles. The highest BCUT2D eigenvalue weighted by Crippen LogP contribution is 2.33. The van der Waals surface area contributed by atoms with Gasteiger partial charge in [0.1, 0.15) is 0 Å². The van der Waals surface area contributed by atoms with Crippen molar-refractivity contribution in [2.75, 3.05) is 0 Å². The molecule has 0 radical (unpaired) electrons. The Morgan fingerprint density at radius 2 is 2.04 bits per heavy atom. The summed E-state index contributed by atoms with van der Waals surface area (Å²) in [5.41, 5.74) is 2.46. The average molecular weight is 322 g/mol. The van der Waals surface area contributed by atoms with E-state index in [1.807, 2.05) is 42.6 Å². The number of benzene rings is 2. The maximum atomic E-state index is 11.0. The lowest BCUT2D eigenvalue weighted by atomic mass is 10.2. The van der Waals surface area contributed by atoms with Crippen LogP contribution in [-0.4, -0.2) is 16.1 Å². The number of carbonyl (C=O) groups is 1. The Morgan fingerprint density at radius 1 is 1.17 bits per heavy atom. The molecule has 2 N–H and O–H groups in total. The molecule has 1 aromatic heterocycles. The normalized spacial score (nSPS) is 11.0. The Morgan fingerprint density at radius 3 is 2.91 bits per heavy atom. The molecule has 4 nitrogen and oxygen atoms in total. The molecule has 5 heteroatoms. The van der Waals surface area contributed by atoms with E-state index in [4.69, 9.17) is 5.21 Å². The van der Waals surface area contributed by atoms with Gasteiger partial charge in [0.15, 0.2) is 0 Å². The molecule has 0 aliphatic carbocycles. The van der Waals surface area contributed by atoms with Crippen molar-refractivity contribution in [1.29, 1.82) is 0 Å². The van der Waals surface area contributed by atoms with Crippen LogP contribution in [0.3, 0.4) is 0 Å². The summed E-state index contributed by atoms with van der Waals surface area (Å²) < 4.78 is 0. The van der Waals surface area contributed by atoms with Gasteiger partial charge in [0.2, 0.25) is 0 Å². The summed E-state index contributed by atoms with van der Waals surface area (Å²) in [5, 5.41) is 10.8. The van der Waals surface area contributed by atoms with E-state index in [0.29, 0.717) is 0 Å². The van der Waals surface area contributed by atoms with Gasteiger partial charge in [-0.3, -0.25) is 15.0 Å². The molecule has 0 saturated carbocycles. The van der Waals surface area contributed by atoms with Crippen molar-refractivity contribution in [2.45, 2.75) is 9.79 Å². The lowest BCUT2D eigenvalue weighted by Gasteiger charge is -2.06. The zero-order chi connectivity index (χ0) is 16.1. The van der Waals surface area contributed by atoms with Gasteiger partial charge in [0.25, 0.3) is 5.91 Å². The Balaban J connectivity index is 1.88. The topological polar surface area (TPSA) is 62.2 Å².